The van der Waals surface area contributed by atoms with Crippen LogP contribution in [0, 0.1) is 0 Å². The van der Waals surface area contributed by atoms with Gasteiger partial charge in [-0.3, -0.25) is 0 Å². The highest BCUT2D eigenvalue weighted by molar-refractivity contribution is 9.10. The van der Waals surface area contributed by atoms with E-state index in [1.165, 1.54) is 40.3 Å². The highest BCUT2D eigenvalue weighted by Gasteiger charge is 2.05. The quantitative estimate of drug-likeness (QED) is 0.186. The number of hydrogen-bond donors (Lipinski definition) is 2. The zero-order valence-electron chi connectivity index (χ0n) is 22.1. The van der Waals surface area contributed by atoms with Crippen molar-refractivity contribution in [1.29, 1.82) is 0 Å². The Morgan fingerprint density at radius 3 is 1.51 bits per heavy atom. The second-order valence-electron chi connectivity index (χ2n) is 9.45. The zero-order valence-corrected chi connectivity index (χ0v) is 25.3. The summed E-state index contributed by atoms with van der Waals surface area (Å²) < 4.78 is 6.53. The molecule has 8 rings (SSSR count). The Bertz CT molecular complexity index is 2050. The lowest BCUT2D eigenvalue weighted by molar-refractivity contribution is 1.57. The summed E-state index contributed by atoms with van der Waals surface area (Å²) in [5, 5.41) is 8.85. The van der Waals surface area contributed by atoms with E-state index in [-0.39, 0.29) is 0 Å². The topological polar surface area (TPSA) is 38.0 Å². The Hall–Kier alpha value is -4.16. The molecule has 0 unspecified atom stereocenters. The van der Waals surface area contributed by atoms with Gasteiger partial charge in [0.2, 0.25) is 0 Å². The van der Waals surface area contributed by atoms with Crippen molar-refractivity contribution in [3.05, 3.63) is 150 Å². The molecule has 2 aromatic heterocycles. The molecule has 0 atom stereocenters. The monoisotopic (exact) mass is 630 g/mol. The van der Waals surface area contributed by atoms with Gasteiger partial charge in [-0.2, -0.15) is 0 Å². The van der Waals surface area contributed by atoms with E-state index in [0.29, 0.717) is 0 Å². The Labute approximate surface area is 255 Å². The molecule has 0 saturated heterocycles. The number of nitrogens with one attached hydrogen (secondary N) is 1. The smallest absolute Gasteiger partial charge is 0.0398 e. The third kappa shape index (κ3) is 6.44. The summed E-state index contributed by atoms with van der Waals surface area (Å²) in [6.07, 6.45) is 0. The highest BCUT2D eigenvalue weighted by atomic mass is 79.9. The minimum absolute atomic E-state index is 0.822. The lowest BCUT2D eigenvalue weighted by atomic mass is 10.1. The van der Waals surface area contributed by atoms with Crippen LogP contribution in [-0.2, 0) is 0 Å². The Balaban J connectivity index is 0.000000124. The third-order valence-electron chi connectivity index (χ3n) is 6.58. The number of anilines is 3. The van der Waals surface area contributed by atoms with Crippen molar-refractivity contribution >= 4 is 96.0 Å². The van der Waals surface area contributed by atoms with Crippen LogP contribution in [0.5, 0.6) is 0 Å². The molecule has 2 heterocycles. The first-order chi connectivity index (χ1) is 20.1. The first-order valence-corrected chi connectivity index (χ1v) is 15.7. The normalized spacial score (nSPS) is 10.7. The number of nitrogens with two attached hydrogens (primary N) is 1. The number of thiophene rings is 2. The Morgan fingerprint density at radius 1 is 0.439 bits per heavy atom. The van der Waals surface area contributed by atoms with Crippen molar-refractivity contribution in [2.24, 2.45) is 0 Å². The molecule has 0 radical (unpaired) electrons. The number of para-hydroxylation sites is 2. The fourth-order valence-corrected chi connectivity index (χ4v) is 7.45. The van der Waals surface area contributed by atoms with E-state index in [9.17, 15) is 0 Å². The van der Waals surface area contributed by atoms with Crippen LogP contribution < -0.4 is 11.1 Å². The summed E-state index contributed by atoms with van der Waals surface area (Å²) in [6, 6.07) is 49.9. The molecular formula is C36H27BrN2S2. The summed E-state index contributed by atoms with van der Waals surface area (Å²) in [4.78, 5) is 0. The minimum atomic E-state index is 0.822. The molecule has 2 nitrogen and oxygen atoms in total. The molecule has 5 heteroatoms. The third-order valence-corrected chi connectivity index (χ3v) is 9.34. The van der Waals surface area contributed by atoms with Crippen LogP contribution in [-0.4, -0.2) is 0 Å². The molecule has 8 aromatic rings. The predicted molar refractivity (Wildman–Crippen MR) is 187 cm³/mol. The summed E-state index contributed by atoms with van der Waals surface area (Å²) in [5.74, 6) is 0. The number of hydrogen-bond acceptors (Lipinski definition) is 4. The van der Waals surface area contributed by atoms with Crippen LogP contribution in [0.2, 0.25) is 0 Å². The van der Waals surface area contributed by atoms with Gasteiger partial charge in [-0.05, 0) is 60.7 Å². The molecule has 200 valence electrons. The summed E-state index contributed by atoms with van der Waals surface area (Å²) in [7, 11) is 0. The van der Waals surface area contributed by atoms with Crippen molar-refractivity contribution < 1.29 is 0 Å². The second kappa shape index (κ2) is 12.6. The number of rotatable bonds is 2. The van der Waals surface area contributed by atoms with E-state index in [0.717, 1.165) is 21.5 Å². The molecule has 0 aliphatic heterocycles. The lowest BCUT2D eigenvalue weighted by Crippen LogP contribution is -1.88. The van der Waals surface area contributed by atoms with Crippen molar-refractivity contribution in [2.45, 2.75) is 0 Å². The summed E-state index contributed by atoms with van der Waals surface area (Å²) in [5.41, 5.74) is 8.43. The van der Waals surface area contributed by atoms with Gasteiger partial charge < -0.3 is 11.1 Å². The first-order valence-electron chi connectivity index (χ1n) is 13.2. The van der Waals surface area contributed by atoms with E-state index < -0.39 is 0 Å². The van der Waals surface area contributed by atoms with Crippen molar-refractivity contribution in [3.8, 4) is 0 Å². The van der Waals surface area contributed by atoms with Gasteiger partial charge in [0.1, 0.15) is 0 Å². The van der Waals surface area contributed by atoms with Crippen LogP contribution in [0.1, 0.15) is 0 Å². The fourth-order valence-electron chi connectivity index (χ4n) is 4.64. The van der Waals surface area contributed by atoms with E-state index in [1.807, 2.05) is 71.2 Å². The van der Waals surface area contributed by atoms with E-state index in [2.05, 4.69) is 118 Å². The van der Waals surface area contributed by atoms with Gasteiger partial charge in [0.15, 0.2) is 0 Å². The van der Waals surface area contributed by atoms with Gasteiger partial charge in [0.25, 0.3) is 0 Å². The van der Waals surface area contributed by atoms with Crippen molar-refractivity contribution in [3.63, 3.8) is 0 Å². The predicted octanol–water partition coefficient (Wildman–Crippen LogP) is 11.9. The molecule has 0 aliphatic rings. The van der Waals surface area contributed by atoms with E-state index in [4.69, 9.17) is 5.73 Å². The number of fused-ring (bicyclic) bond motifs is 6. The maximum atomic E-state index is 5.36. The van der Waals surface area contributed by atoms with Crippen LogP contribution in [0.3, 0.4) is 0 Å². The largest absolute Gasteiger partial charge is 0.399 e. The Morgan fingerprint density at radius 2 is 0.927 bits per heavy atom. The standard InChI is InChI=1S/C18H13NS.C12H7BrS.C6H7N/c1-2-6-13(7-3-1)19-14-10-11-16-15-8-4-5-9-17(15)20-18(16)12-14;13-8-5-6-10-9-3-1-2-4-11(9)14-12(10)7-8;7-6-4-2-1-3-5-6/h1-12,19H;1-7H;1-5H,7H2. The van der Waals surface area contributed by atoms with Crippen LogP contribution in [0.4, 0.5) is 17.1 Å². The molecule has 0 amide bonds. The highest BCUT2D eigenvalue weighted by Crippen LogP contribution is 2.36. The van der Waals surface area contributed by atoms with Crippen molar-refractivity contribution in [1.82, 2.24) is 0 Å². The van der Waals surface area contributed by atoms with Crippen LogP contribution in [0.25, 0.3) is 40.3 Å². The number of nitrogen functional groups attached to an aromatic ring is 1. The molecule has 0 saturated carbocycles. The fraction of sp³-hybridized carbons (Fsp3) is 0. The molecule has 3 N–H and O–H groups in total. The van der Waals surface area contributed by atoms with Gasteiger partial charge in [-0.15, -0.1) is 22.7 Å². The number of benzene rings is 6. The molecular weight excluding hydrogens is 604 g/mol. The minimum Gasteiger partial charge on any atom is -0.399 e. The van der Waals surface area contributed by atoms with Crippen LogP contribution >= 0.6 is 38.6 Å². The van der Waals surface area contributed by atoms with Crippen molar-refractivity contribution in [2.75, 3.05) is 11.1 Å². The number of halogens is 1. The lowest BCUT2D eigenvalue weighted by Gasteiger charge is -2.05. The van der Waals surface area contributed by atoms with Crippen LogP contribution in [0.15, 0.2) is 150 Å². The van der Waals surface area contributed by atoms with E-state index >= 15 is 0 Å². The average Bonchev–Trinajstić information content (AvgIpc) is 3.56. The maximum absolute atomic E-state index is 5.36. The van der Waals surface area contributed by atoms with Gasteiger partial charge >= 0.3 is 0 Å². The first kappa shape index (κ1) is 27.0. The molecule has 41 heavy (non-hydrogen) atoms. The molecule has 6 aromatic carbocycles. The van der Waals surface area contributed by atoms with Gasteiger partial charge in [-0.1, -0.05) is 101 Å². The SMILES string of the molecule is Brc1ccc2c(c1)sc1ccccc12.Nc1ccccc1.c1ccc(Nc2ccc3c(c2)sc2ccccc23)cc1. The van der Waals surface area contributed by atoms with E-state index in [1.54, 1.807) is 0 Å². The van der Waals surface area contributed by atoms with Gasteiger partial charge in [-0.25, -0.2) is 0 Å². The molecule has 0 aliphatic carbocycles. The summed E-state index contributed by atoms with van der Waals surface area (Å²) >= 11 is 7.19. The second-order valence-corrected chi connectivity index (χ2v) is 12.5. The molecule has 0 spiro atoms. The Kier molecular flexibility index (Phi) is 8.28. The zero-order chi connectivity index (χ0) is 28.0. The molecule has 0 fully saturated rings. The average molecular weight is 632 g/mol. The summed E-state index contributed by atoms with van der Waals surface area (Å²) in [6.45, 7) is 0. The molecule has 0 bridgehead atoms. The van der Waals surface area contributed by atoms with Gasteiger partial charge in [0, 0.05) is 61.9 Å². The van der Waals surface area contributed by atoms with Gasteiger partial charge in [0.05, 0.1) is 0 Å². The maximum Gasteiger partial charge on any atom is 0.0398 e.